The second-order valence-corrected chi connectivity index (χ2v) is 11.6. The van der Waals surface area contributed by atoms with Crippen LogP contribution in [0.25, 0.3) is 0 Å². The van der Waals surface area contributed by atoms with Gasteiger partial charge in [-0.3, -0.25) is 14.5 Å². The van der Waals surface area contributed by atoms with Gasteiger partial charge in [0.2, 0.25) is 10.0 Å². The fourth-order valence-corrected chi connectivity index (χ4v) is 5.67. The Morgan fingerprint density at radius 3 is 2.03 bits per heavy atom. The Bertz CT molecular complexity index is 1210. The monoisotopic (exact) mass is 499 g/mol. The Balaban J connectivity index is 1.36. The summed E-state index contributed by atoms with van der Waals surface area (Å²) in [4.78, 5) is 38.4. The third-order valence-corrected chi connectivity index (χ3v) is 7.87. The van der Waals surface area contributed by atoms with E-state index in [1.165, 1.54) is 16.4 Å². The SMILES string of the molecule is CC(C)(C)OC(=O)NC1CCN(S(=O)(=O)c2ccc(CN3C(=O)c4ccccc4C3=O)cc2)CC1. The van der Waals surface area contributed by atoms with E-state index in [0.29, 0.717) is 29.5 Å². The van der Waals surface area contributed by atoms with Crippen molar-refractivity contribution in [1.82, 2.24) is 14.5 Å². The molecule has 3 amide bonds. The second-order valence-electron chi connectivity index (χ2n) is 9.71. The van der Waals surface area contributed by atoms with Gasteiger partial charge in [-0.05, 0) is 63.4 Å². The number of rotatable bonds is 5. The topological polar surface area (TPSA) is 113 Å². The number of hydrogen-bond donors (Lipinski definition) is 1. The molecular formula is C25H29N3O6S. The van der Waals surface area contributed by atoms with Crippen LogP contribution in [0.4, 0.5) is 4.79 Å². The number of benzene rings is 2. The second kappa shape index (κ2) is 9.43. The van der Waals surface area contributed by atoms with Gasteiger partial charge in [0.15, 0.2) is 0 Å². The summed E-state index contributed by atoms with van der Waals surface area (Å²) in [5.41, 5.74) is 0.806. The van der Waals surface area contributed by atoms with Gasteiger partial charge in [-0.2, -0.15) is 4.31 Å². The van der Waals surface area contributed by atoms with Crippen molar-refractivity contribution in [2.45, 2.75) is 56.7 Å². The largest absolute Gasteiger partial charge is 0.444 e. The zero-order valence-electron chi connectivity index (χ0n) is 20.0. The summed E-state index contributed by atoms with van der Waals surface area (Å²) in [5, 5.41) is 2.80. The summed E-state index contributed by atoms with van der Waals surface area (Å²) < 4.78 is 32.9. The number of ether oxygens (including phenoxy) is 1. The van der Waals surface area contributed by atoms with E-state index in [1.54, 1.807) is 57.2 Å². The number of piperidine rings is 1. The van der Waals surface area contributed by atoms with Crippen molar-refractivity contribution in [2.24, 2.45) is 0 Å². The molecule has 2 aliphatic rings. The molecule has 35 heavy (non-hydrogen) atoms. The first-order chi connectivity index (χ1) is 16.5. The van der Waals surface area contributed by atoms with Gasteiger partial charge in [0, 0.05) is 19.1 Å². The molecule has 10 heteroatoms. The maximum absolute atomic E-state index is 13.1. The van der Waals surface area contributed by atoms with Crippen LogP contribution >= 0.6 is 0 Å². The lowest BCUT2D eigenvalue weighted by molar-refractivity contribution is 0.0488. The minimum Gasteiger partial charge on any atom is -0.444 e. The van der Waals surface area contributed by atoms with Crippen LogP contribution in [0, 0.1) is 0 Å². The van der Waals surface area contributed by atoms with Crippen LogP contribution in [0.5, 0.6) is 0 Å². The molecule has 0 spiro atoms. The number of carbonyl (C=O) groups is 3. The molecule has 0 bridgehead atoms. The highest BCUT2D eigenvalue weighted by Gasteiger charge is 2.35. The van der Waals surface area contributed by atoms with Gasteiger partial charge in [-0.1, -0.05) is 24.3 Å². The summed E-state index contributed by atoms with van der Waals surface area (Å²) in [7, 11) is -3.71. The molecule has 2 heterocycles. The quantitative estimate of drug-likeness (QED) is 0.633. The molecule has 186 valence electrons. The number of nitrogens with one attached hydrogen (secondary N) is 1. The highest BCUT2D eigenvalue weighted by atomic mass is 32.2. The average Bonchev–Trinajstić information content (AvgIpc) is 3.03. The third kappa shape index (κ3) is 5.38. The van der Waals surface area contributed by atoms with Gasteiger partial charge in [0.1, 0.15) is 5.60 Å². The fourth-order valence-electron chi connectivity index (χ4n) is 4.20. The number of nitrogens with zero attached hydrogens (tertiary/aromatic N) is 2. The molecule has 2 aromatic carbocycles. The minimum atomic E-state index is -3.71. The molecule has 0 aliphatic carbocycles. The molecule has 2 aliphatic heterocycles. The predicted octanol–water partition coefficient (Wildman–Crippen LogP) is 3.16. The van der Waals surface area contributed by atoms with E-state index in [4.69, 9.17) is 4.74 Å². The van der Waals surface area contributed by atoms with E-state index in [-0.39, 0.29) is 42.4 Å². The Morgan fingerprint density at radius 1 is 0.971 bits per heavy atom. The van der Waals surface area contributed by atoms with E-state index in [2.05, 4.69) is 5.32 Å². The highest BCUT2D eigenvalue weighted by Crippen LogP contribution is 2.26. The summed E-state index contributed by atoms with van der Waals surface area (Å²) in [6, 6.07) is 12.7. The summed E-state index contributed by atoms with van der Waals surface area (Å²) in [5.74, 6) is -0.713. The normalized spacial score (nSPS) is 17.4. The Kier molecular flexibility index (Phi) is 6.70. The maximum atomic E-state index is 13.1. The zero-order valence-corrected chi connectivity index (χ0v) is 20.8. The van der Waals surface area contributed by atoms with E-state index >= 15 is 0 Å². The first-order valence-electron chi connectivity index (χ1n) is 11.5. The van der Waals surface area contributed by atoms with Gasteiger partial charge < -0.3 is 10.1 Å². The number of sulfonamides is 1. The van der Waals surface area contributed by atoms with Crippen molar-refractivity contribution >= 4 is 27.9 Å². The van der Waals surface area contributed by atoms with Crippen LogP contribution in [-0.4, -0.2) is 60.3 Å². The average molecular weight is 500 g/mol. The highest BCUT2D eigenvalue weighted by molar-refractivity contribution is 7.89. The van der Waals surface area contributed by atoms with Crippen LogP contribution in [-0.2, 0) is 21.3 Å². The minimum absolute atomic E-state index is 0.0639. The number of amides is 3. The molecule has 4 rings (SSSR count). The molecule has 0 aromatic heterocycles. The number of imide groups is 1. The van der Waals surface area contributed by atoms with Crippen LogP contribution < -0.4 is 5.32 Å². The summed E-state index contributed by atoms with van der Waals surface area (Å²) in [6.07, 6.45) is 0.458. The van der Waals surface area contributed by atoms with Crippen molar-refractivity contribution in [2.75, 3.05) is 13.1 Å². The third-order valence-electron chi connectivity index (χ3n) is 5.95. The predicted molar refractivity (Wildman–Crippen MR) is 128 cm³/mol. The van der Waals surface area contributed by atoms with Crippen molar-refractivity contribution in [1.29, 1.82) is 0 Å². The van der Waals surface area contributed by atoms with Crippen LogP contribution in [0.15, 0.2) is 53.4 Å². The Hall–Kier alpha value is -3.24. The van der Waals surface area contributed by atoms with E-state index < -0.39 is 21.7 Å². The van der Waals surface area contributed by atoms with E-state index in [9.17, 15) is 22.8 Å². The molecular weight excluding hydrogens is 470 g/mol. The van der Waals surface area contributed by atoms with Crippen LogP contribution in [0.2, 0.25) is 0 Å². The van der Waals surface area contributed by atoms with Gasteiger partial charge in [-0.15, -0.1) is 0 Å². The van der Waals surface area contributed by atoms with Gasteiger partial charge in [-0.25, -0.2) is 13.2 Å². The van der Waals surface area contributed by atoms with E-state index in [0.717, 1.165) is 4.90 Å². The maximum Gasteiger partial charge on any atom is 0.407 e. The van der Waals surface area contributed by atoms with E-state index in [1.807, 2.05) is 0 Å². The number of alkyl carbamates (subject to hydrolysis) is 1. The number of hydrogen-bond acceptors (Lipinski definition) is 6. The molecule has 2 aromatic rings. The van der Waals surface area contributed by atoms with Gasteiger partial charge in [0.05, 0.1) is 22.6 Å². The first kappa shape index (κ1) is 24.9. The van der Waals surface area contributed by atoms with Gasteiger partial charge in [0.25, 0.3) is 11.8 Å². The zero-order chi connectivity index (χ0) is 25.4. The molecule has 0 unspecified atom stereocenters. The summed E-state index contributed by atoms with van der Waals surface area (Å²) >= 11 is 0. The Labute approximate surface area is 205 Å². The Morgan fingerprint density at radius 2 is 1.51 bits per heavy atom. The smallest absolute Gasteiger partial charge is 0.407 e. The fraction of sp³-hybridized carbons (Fsp3) is 0.400. The van der Waals surface area contributed by atoms with Crippen molar-refractivity contribution in [3.8, 4) is 0 Å². The summed E-state index contributed by atoms with van der Waals surface area (Å²) in [6.45, 7) is 5.97. The molecule has 1 saturated heterocycles. The van der Waals surface area contributed by atoms with Crippen molar-refractivity contribution in [3.05, 3.63) is 65.2 Å². The lowest BCUT2D eigenvalue weighted by Crippen LogP contribution is -2.47. The molecule has 0 saturated carbocycles. The van der Waals surface area contributed by atoms with Crippen LogP contribution in [0.1, 0.15) is 59.9 Å². The van der Waals surface area contributed by atoms with Gasteiger partial charge >= 0.3 is 6.09 Å². The molecule has 9 nitrogen and oxygen atoms in total. The number of fused-ring (bicyclic) bond motifs is 1. The molecule has 0 radical (unpaired) electrons. The lowest BCUT2D eigenvalue weighted by Gasteiger charge is -2.32. The van der Waals surface area contributed by atoms with Crippen molar-refractivity contribution < 1.29 is 27.5 Å². The lowest BCUT2D eigenvalue weighted by atomic mass is 10.1. The first-order valence-corrected chi connectivity index (χ1v) is 12.9. The molecule has 0 atom stereocenters. The standard InChI is InChI=1S/C25H29N3O6S/c1-25(2,3)34-24(31)26-18-12-14-27(15-13-18)35(32,33)19-10-8-17(9-11-19)16-28-22(29)20-6-4-5-7-21(20)23(28)30/h4-11,18H,12-16H2,1-3H3,(H,26,31). The van der Waals surface area contributed by atoms with Crippen molar-refractivity contribution in [3.63, 3.8) is 0 Å². The van der Waals surface area contributed by atoms with Crippen LogP contribution in [0.3, 0.4) is 0 Å². The number of carbonyl (C=O) groups excluding carboxylic acids is 3. The molecule has 1 fully saturated rings. The molecule has 1 N–H and O–H groups in total.